The lowest BCUT2D eigenvalue weighted by atomic mass is 9.98. The summed E-state index contributed by atoms with van der Waals surface area (Å²) in [6, 6.07) is 100. The molecule has 0 amide bonds. The second-order valence-corrected chi connectivity index (χ2v) is 20.4. The van der Waals surface area contributed by atoms with Crippen LogP contribution in [0.2, 0.25) is 0 Å². The minimum Gasteiger partial charge on any atom is -0.310 e. The number of para-hydroxylation sites is 2. The van der Waals surface area contributed by atoms with Gasteiger partial charge in [-0.1, -0.05) is 152 Å². The number of hydrogen-bond acceptors (Lipinski definition) is 2. The highest BCUT2D eigenvalue weighted by Gasteiger charge is 2.22. The summed E-state index contributed by atoms with van der Waals surface area (Å²) in [6.45, 7) is 0. The van der Waals surface area contributed by atoms with Gasteiger partial charge in [0.15, 0.2) is 0 Å². The van der Waals surface area contributed by atoms with Crippen LogP contribution >= 0.6 is 0 Å². The second kappa shape index (κ2) is 19.2. The molecule has 0 saturated heterocycles. The maximum Gasteiger partial charge on any atom is 0.123 e. The summed E-state index contributed by atoms with van der Waals surface area (Å²) < 4.78 is 32.9. The summed E-state index contributed by atoms with van der Waals surface area (Å²) in [5.74, 6) is -0.519. The second-order valence-electron chi connectivity index (χ2n) is 20.4. The van der Waals surface area contributed by atoms with Crippen molar-refractivity contribution in [3.63, 3.8) is 0 Å². The number of benzene rings is 13. The molecule has 4 nitrogen and oxygen atoms in total. The van der Waals surface area contributed by atoms with Crippen LogP contribution in [0, 0.1) is 11.6 Å². The fourth-order valence-corrected chi connectivity index (χ4v) is 12.1. The van der Waals surface area contributed by atoms with E-state index < -0.39 is 0 Å². The average Bonchev–Trinajstić information content (AvgIpc) is 4.23. The van der Waals surface area contributed by atoms with Gasteiger partial charge < -0.3 is 18.9 Å². The van der Waals surface area contributed by atoms with Crippen molar-refractivity contribution in [3.05, 3.63) is 303 Å². The van der Waals surface area contributed by atoms with E-state index in [1.54, 1.807) is 0 Å². The number of aromatic nitrogens is 2. The van der Waals surface area contributed by atoms with Crippen LogP contribution < -0.4 is 9.80 Å². The Morgan fingerprint density at radius 1 is 0.237 bits per heavy atom. The number of rotatable bonds is 10. The van der Waals surface area contributed by atoms with E-state index in [-0.39, 0.29) is 11.6 Å². The molecule has 0 fully saturated rings. The van der Waals surface area contributed by atoms with Gasteiger partial charge >= 0.3 is 0 Å². The molecule has 6 heteroatoms. The van der Waals surface area contributed by atoms with Gasteiger partial charge in [0, 0.05) is 66.4 Å². The minimum atomic E-state index is -0.260. The molecule has 0 radical (unpaired) electrons. The largest absolute Gasteiger partial charge is 0.310 e. The lowest BCUT2D eigenvalue weighted by Crippen LogP contribution is -2.10. The van der Waals surface area contributed by atoms with Crippen molar-refractivity contribution in [1.29, 1.82) is 0 Å². The third-order valence-corrected chi connectivity index (χ3v) is 15.8. The molecule has 2 aromatic heterocycles. The Morgan fingerprint density at radius 2 is 0.613 bits per heavy atom. The van der Waals surface area contributed by atoms with Crippen molar-refractivity contribution in [2.75, 3.05) is 9.80 Å². The Kier molecular flexibility index (Phi) is 11.2. The van der Waals surface area contributed by atoms with Gasteiger partial charge in [0.25, 0.3) is 0 Å². The maximum atomic E-state index is 14.2. The average molecular weight is 1030 g/mol. The highest BCUT2D eigenvalue weighted by atomic mass is 19.1. The first kappa shape index (κ1) is 46.7. The van der Waals surface area contributed by atoms with Crippen molar-refractivity contribution in [1.82, 2.24) is 9.13 Å². The summed E-state index contributed by atoms with van der Waals surface area (Å²) in [6.07, 6.45) is 0. The molecule has 378 valence electrons. The molecule has 15 rings (SSSR count). The zero-order chi connectivity index (χ0) is 53.3. The van der Waals surface area contributed by atoms with E-state index in [1.165, 1.54) is 24.3 Å². The van der Waals surface area contributed by atoms with E-state index in [1.807, 2.05) is 24.3 Å². The first-order chi connectivity index (χ1) is 39.5. The normalized spacial score (nSPS) is 11.6. The minimum absolute atomic E-state index is 0.259. The van der Waals surface area contributed by atoms with Gasteiger partial charge in [-0.25, -0.2) is 8.78 Å². The lowest BCUT2D eigenvalue weighted by Gasteiger charge is -2.27. The van der Waals surface area contributed by atoms with Gasteiger partial charge in [0.2, 0.25) is 0 Å². The zero-order valence-electron chi connectivity index (χ0n) is 43.3. The Hall–Kier alpha value is -10.6. The fourth-order valence-electron chi connectivity index (χ4n) is 12.1. The van der Waals surface area contributed by atoms with Crippen LogP contribution in [0.5, 0.6) is 0 Å². The van der Waals surface area contributed by atoms with Gasteiger partial charge in [0.05, 0.1) is 33.4 Å². The van der Waals surface area contributed by atoms with E-state index >= 15 is 0 Å². The van der Waals surface area contributed by atoms with Crippen LogP contribution in [0.25, 0.3) is 98.8 Å². The number of nitrogens with zero attached hydrogens (tertiary/aromatic N) is 4. The smallest absolute Gasteiger partial charge is 0.123 e. The fraction of sp³-hybridized carbons (Fsp3) is 0. The molecule has 0 atom stereocenters. The van der Waals surface area contributed by atoms with Crippen molar-refractivity contribution in [2.24, 2.45) is 0 Å². The molecule has 0 N–H and O–H groups in total. The molecule has 0 aliphatic heterocycles. The molecule has 2 heterocycles. The monoisotopic (exact) mass is 1030 g/mol. The van der Waals surface area contributed by atoms with Gasteiger partial charge in [-0.3, -0.25) is 0 Å². The standard InChI is InChI=1S/C74H48F2N4/c75-55-31-37-58(38-32-55)79-71-25-7-5-23-65(71)67-47-61(41-43-73(67)79)77(69-27-11-15-50-13-1-3-21-63(50)69)57-35-29-49(30-36-57)52-17-9-18-53(45-52)54-19-10-20-60(46-54)78(70-28-12-16-51-14-2-4-22-64(51)70)62-42-44-74-68(48-62)66-24-6-8-26-72(66)80(74)59-39-33-56(76)34-40-59/h1-48H. The Bertz CT molecular complexity index is 4850. The summed E-state index contributed by atoms with van der Waals surface area (Å²) in [4.78, 5) is 4.74. The first-order valence-electron chi connectivity index (χ1n) is 26.9. The van der Waals surface area contributed by atoms with E-state index in [4.69, 9.17) is 0 Å². The molecule has 0 bridgehead atoms. The molecule has 13 aromatic carbocycles. The molecule has 0 unspecified atom stereocenters. The van der Waals surface area contributed by atoms with Crippen LogP contribution in [0.1, 0.15) is 0 Å². The highest BCUT2D eigenvalue weighted by Crippen LogP contribution is 2.45. The molecule has 0 aliphatic rings. The van der Waals surface area contributed by atoms with E-state index in [0.717, 1.165) is 133 Å². The van der Waals surface area contributed by atoms with Crippen molar-refractivity contribution in [3.8, 4) is 33.6 Å². The van der Waals surface area contributed by atoms with Gasteiger partial charge in [-0.15, -0.1) is 0 Å². The molecular formula is C74H48F2N4. The Morgan fingerprint density at radius 3 is 1.14 bits per heavy atom. The third-order valence-electron chi connectivity index (χ3n) is 15.8. The van der Waals surface area contributed by atoms with Crippen molar-refractivity contribution >= 4 is 99.3 Å². The SMILES string of the molecule is Fc1ccc(-n2c3ccccc3c3cc(N(c4ccc(-c5cccc(-c6cccc(N(c7ccc8c(c7)c7ccccc7n8-c7ccc(F)cc7)c7cccc8ccccc78)c6)c5)cc4)c4cccc5ccccc45)ccc32)cc1. The quantitative estimate of drug-likeness (QED) is 0.136. The van der Waals surface area contributed by atoms with Crippen LogP contribution in [0.3, 0.4) is 0 Å². The predicted molar refractivity (Wildman–Crippen MR) is 330 cm³/mol. The zero-order valence-corrected chi connectivity index (χ0v) is 43.3. The summed E-state index contributed by atoms with van der Waals surface area (Å²) in [7, 11) is 0. The van der Waals surface area contributed by atoms with Crippen LogP contribution in [-0.4, -0.2) is 9.13 Å². The van der Waals surface area contributed by atoms with E-state index in [2.05, 4.69) is 262 Å². The van der Waals surface area contributed by atoms with E-state index in [0.29, 0.717) is 0 Å². The Labute approximate surface area is 461 Å². The summed E-state index contributed by atoms with van der Waals surface area (Å²) in [5, 5.41) is 9.08. The maximum absolute atomic E-state index is 14.2. The molecule has 80 heavy (non-hydrogen) atoms. The van der Waals surface area contributed by atoms with Crippen LogP contribution in [0.4, 0.5) is 42.9 Å². The van der Waals surface area contributed by atoms with Crippen molar-refractivity contribution < 1.29 is 8.78 Å². The number of hydrogen-bond donors (Lipinski definition) is 0. The number of anilines is 6. The van der Waals surface area contributed by atoms with Crippen LogP contribution in [0.15, 0.2) is 291 Å². The molecule has 0 spiro atoms. The molecule has 0 aliphatic carbocycles. The molecule has 15 aromatic rings. The Balaban J connectivity index is 0.818. The van der Waals surface area contributed by atoms with Crippen LogP contribution in [-0.2, 0) is 0 Å². The molecular weight excluding hydrogens is 983 g/mol. The molecule has 0 saturated carbocycles. The highest BCUT2D eigenvalue weighted by molar-refractivity contribution is 6.13. The number of halogens is 2. The number of fused-ring (bicyclic) bond motifs is 8. The van der Waals surface area contributed by atoms with Gasteiger partial charge in [-0.2, -0.15) is 0 Å². The van der Waals surface area contributed by atoms with Gasteiger partial charge in [-0.05, 0) is 173 Å². The van der Waals surface area contributed by atoms with Gasteiger partial charge in [0.1, 0.15) is 11.6 Å². The third kappa shape index (κ3) is 7.96. The topological polar surface area (TPSA) is 16.3 Å². The summed E-state index contributed by atoms with van der Waals surface area (Å²) in [5.41, 5.74) is 16.7. The van der Waals surface area contributed by atoms with Crippen molar-refractivity contribution in [2.45, 2.75) is 0 Å². The lowest BCUT2D eigenvalue weighted by molar-refractivity contribution is 0.627. The van der Waals surface area contributed by atoms with E-state index in [9.17, 15) is 8.78 Å². The first-order valence-corrected chi connectivity index (χ1v) is 26.9. The predicted octanol–water partition coefficient (Wildman–Crippen LogP) is 20.7. The summed E-state index contributed by atoms with van der Waals surface area (Å²) >= 11 is 0.